The van der Waals surface area contributed by atoms with Gasteiger partial charge in [-0.25, -0.2) is 0 Å². The second-order valence-electron chi connectivity index (χ2n) is 6.43. The van der Waals surface area contributed by atoms with Gasteiger partial charge in [-0.2, -0.15) is 5.26 Å². The van der Waals surface area contributed by atoms with Crippen molar-refractivity contribution in [3.8, 4) is 16.8 Å². The molecule has 0 radical (unpaired) electrons. The number of rotatable bonds is 4. The Hall–Kier alpha value is -2.70. The average Bonchev–Trinajstić information content (AvgIpc) is 3.28. The summed E-state index contributed by atoms with van der Waals surface area (Å²) in [6.45, 7) is 2.26. The second-order valence-corrected chi connectivity index (χ2v) is 8.56. The Morgan fingerprint density at radius 1 is 1.41 bits per heavy atom. The number of hydrogen-bond acceptors (Lipinski definition) is 8. The van der Waals surface area contributed by atoms with Gasteiger partial charge in [0.25, 0.3) is 16.8 Å². The van der Waals surface area contributed by atoms with Crippen molar-refractivity contribution in [1.82, 2.24) is 10.2 Å². The fourth-order valence-electron chi connectivity index (χ4n) is 3.06. The molecule has 1 aliphatic carbocycles. The molecule has 0 saturated heterocycles. The summed E-state index contributed by atoms with van der Waals surface area (Å²) in [6.07, 6.45) is 3.37. The molecule has 1 aromatic carbocycles. The highest BCUT2D eigenvalue weighted by Gasteiger charge is 2.21. The van der Waals surface area contributed by atoms with Crippen molar-refractivity contribution in [2.45, 2.75) is 36.3 Å². The average molecular weight is 398 g/mol. The standard InChI is InChI=1S/C18H14N4O3S2/c1-10-2-4-14-11(6-10)8-16(26-14)17-20-21-18(25-17)27-15-5-3-13(22(23)24)7-12(15)9-19/h3,5,7-8,10H,2,4,6H2,1H3/t10-/m1/s1. The molecule has 0 aliphatic heterocycles. The van der Waals surface area contributed by atoms with E-state index in [1.54, 1.807) is 11.3 Å². The Morgan fingerprint density at radius 3 is 3.04 bits per heavy atom. The molecule has 2 heterocycles. The van der Waals surface area contributed by atoms with Crippen LogP contribution in [0.15, 0.2) is 38.8 Å². The van der Waals surface area contributed by atoms with Crippen molar-refractivity contribution < 1.29 is 9.34 Å². The van der Waals surface area contributed by atoms with Gasteiger partial charge in [-0.05, 0) is 54.6 Å². The second kappa shape index (κ2) is 7.13. The monoisotopic (exact) mass is 398 g/mol. The first-order valence-electron chi connectivity index (χ1n) is 8.35. The van der Waals surface area contributed by atoms with Crippen molar-refractivity contribution in [2.75, 3.05) is 0 Å². The van der Waals surface area contributed by atoms with Crippen LogP contribution in [0.4, 0.5) is 5.69 Å². The molecule has 3 aromatic rings. The smallest absolute Gasteiger partial charge is 0.281 e. The molecular weight excluding hydrogens is 384 g/mol. The lowest BCUT2D eigenvalue weighted by atomic mass is 9.90. The number of benzene rings is 1. The molecule has 1 atom stereocenters. The number of aromatic nitrogens is 2. The van der Waals surface area contributed by atoms with Crippen LogP contribution < -0.4 is 0 Å². The van der Waals surface area contributed by atoms with Crippen LogP contribution >= 0.6 is 23.1 Å². The number of nitrogens with zero attached hydrogens (tertiary/aromatic N) is 4. The molecule has 27 heavy (non-hydrogen) atoms. The Bertz CT molecular complexity index is 1070. The third-order valence-electron chi connectivity index (χ3n) is 4.44. The maximum Gasteiger partial charge on any atom is 0.281 e. The lowest BCUT2D eigenvalue weighted by Crippen LogP contribution is -2.07. The Kier molecular flexibility index (Phi) is 4.68. The molecular formula is C18H14N4O3S2. The number of thiophene rings is 1. The minimum absolute atomic E-state index is 0.125. The predicted molar refractivity (Wildman–Crippen MR) is 101 cm³/mol. The predicted octanol–water partition coefficient (Wildman–Crippen LogP) is 4.85. The highest BCUT2D eigenvalue weighted by atomic mass is 32.2. The Labute approximate surface area is 163 Å². The van der Waals surface area contributed by atoms with Crippen LogP contribution in [0.25, 0.3) is 10.8 Å². The number of fused-ring (bicyclic) bond motifs is 1. The van der Waals surface area contributed by atoms with Crippen molar-refractivity contribution in [2.24, 2.45) is 5.92 Å². The number of nitro groups is 1. The maximum absolute atomic E-state index is 10.9. The molecule has 1 aliphatic rings. The molecule has 0 bridgehead atoms. The summed E-state index contributed by atoms with van der Waals surface area (Å²) < 4.78 is 5.76. The van der Waals surface area contributed by atoms with Crippen LogP contribution in [-0.2, 0) is 12.8 Å². The van der Waals surface area contributed by atoms with Gasteiger partial charge >= 0.3 is 0 Å². The number of nitriles is 1. The summed E-state index contributed by atoms with van der Waals surface area (Å²) in [6, 6.07) is 8.23. The van der Waals surface area contributed by atoms with Gasteiger partial charge in [0.2, 0.25) is 0 Å². The van der Waals surface area contributed by atoms with Gasteiger partial charge < -0.3 is 4.42 Å². The quantitative estimate of drug-likeness (QED) is 0.456. The van der Waals surface area contributed by atoms with E-state index in [4.69, 9.17) is 4.42 Å². The third-order valence-corrected chi connectivity index (χ3v) is 6.58. The zero-order valence-electron chi connectivity index (χ0n) is 14.3. The lowest BCUT2D eigenvalue weighted by molar-refractivity contribution is -0.384. The molecule has 136 valence electrons. The van der Waals surface area contributed by atoms with Crippen molar-refractivity contribution in [1.29, 1.82) is 5.26 Å². The molecule has 9 heteroatoms. The summed E-state index contributed by atoms with van der Waals surface area (Å²) in [5, 5.41) is 28.6. The first-order chi connectivity index (χ1) is 13.0. The molecule has 7 nitrogen and oxygen atoms in total. The van der Waals surface area contributed by atoms with Gasteiger partial charge in [-0.3, -0.25) is 10.1 Å². The zero-order chi connectivity index (χ0) is 19.0. The molecule has 4 rings (SSSR count). The maximum atomic E-state index is 10.9. The Balaban J connectivity index is 1.57. The van der Waals surface area contributed by atoms with Crippen LogP contribution in [0.3, 0.4) is 0 Å². The van der Waals surface area contributed by atoms with Gasteiger partial charge in [0.05, 0.1) is 15.4 Å². The highest BCUT2D eigenvalue weighted by Crippen LogP contribution is 2.38. The van der Waals surface area contributed by atoms with E-state index in [2.05, 4.69) is 23.2 Å². The van der Waals surface area contributed by atoms with Gasteiger partial charge in [0.1, 0.15) is 6.07 Å². The molecule has 0 spiro atoms. The SMILES string of the molecule is C[C@@H]1CCc2sc(-c3nnc(Sc4ccc([N+](=O)[O-])cc4C#N)o3)cc2C1. The summed E-state index contributed by atoms with van der Waals surface area (Å²) in [7, 11) is 0. The molecule has 2 aromatic heterocycles. The zero-order valence-corrected chi connectivity index (χ0v) is 16.0. The number of hydrogen-bond donors (Lipinski definition) is 0. The van der Waals surface area contributed by atoms with E-state index in [9.17, 15) is 15.4 Å². The van der Waals surface area contributed by atoms with Crippen LogP contribution in [-0.4, -0.2) is 15.1 Å². The minimum atomic E-state index is -0.528. The summed E-state index contributed by atoms with van der Waals surface area (Å²) in [4.78, 5) is 13.2. The topological polar surface area (TPSA) is 106 Å². The van der Waals surface area contributed by atoms with E-state index in [-0.39, 0.29) is 11.3 Å². The number of non-ortho nitro benzene ring substituents is 1. The largest absolute Gasteiger partial charge is 0.410 e. The molecule has 0 amide bonds. The van der Waals surface area contributed by atoms with Crippen molar-refractivity contribution >= 4 is 28.8 Å². The summed E-state index contributed by atoms with van der Waals surface area (Å²) in [5.74, 6) is 1.16. The molecule has 0 unspecified atom stereocenters. The van der Waals surface area contributed by atoms with Crippen LogP contribution in [0.1, 0.15) is 29.3 Å². The molecule has 0 saturated carbocycles. The van der Waals surface area contributed by atoms with E-state index in [0.29, 0.717) is 21.9 Å². The van der Waals surface area contributed by atoms with E-state index >= 15 is 0 Å². The summed E-state index contributed by atoms with van der Waals surface area (Å²) in [5.41, 5.74) is 1.44. The fraction of sp³-hybridized carbons (Fsp3) is 0.278. The summed E-state index contributed by atoms with van der Waals surface area (Å²) >= 11 is 2.82. The molecule has 0 fully saturated rings. The fourth-order valence-corrected chi connectivity index (χ4v) is 4.93. The Morgan fingerprint density at radius 2 is 2.26 bits per heavy atom. The first kappa shape index (κ1) is 17.7. The van der Waals surface area contributed by atoms with Crippen molar-refractivity contribution in [3.05, 3.63) is 50.4 Å². The van der Waals surface area contributed by atoms with Crippen molar-refractivity contribution in [3.63, 3.8) is 0 Å². The third kappa shape index (κ3) is 3.59. The number of aryl methyl sites for hydroxylation is 1. The van der Waals surface area contributed by atoms with Gasteiger partial charge in [0, 0.05) is 21.9 Å². The number of nitro benzene ring substituents is 1. The van der Waals surface area contributed by atoms with E-state index in [1.807, 2.05) is 6.07 Å². The van der Waals surface area contributed by atoms with E-state index in [0.717, 1.165) is 29.5 Å². The first-order valence-corrected chi connectivity index (χ1v) is 9.98. The lowest BCUT2D eigenvalue weighted by Gasteiger charge is -2.16. The van der Waals surface area contributed by atoms with E-state index < -0.39 is 4.92 Å². The van der Waals surface area contributed by atoms with Crippen LogP contribution in [0, 0.1) is 27.4 Å². The van der Waals surface area contributed by atoms with Gasteiger partial charge in [-0.1, -0.05) is 6.92 Å². The minimum Gasteiger partial charge on any atom is -0.410 e. The van der Waals surface area contributed by atoms with E-state index in [1.165, 1.54) is 35.1 Å². The molecule has 0 N–H and O–H groups in total. The normalized spacial score (nSPS) is 15.9. The van der Waals surface area contributed by atoms with Crippen LogP contribution in [0.5, 0.6) is 0 Å². The van der Waals surface area contributed by atoms with Crippen LogP contribution in [0.2, 0.25) is 0 Å². The van der Waals surface area contributed by atoms with Gasteiger partial charge in [-0.15, -0.1) is 21.5 Å². The van der Waals surface area contributed by atoms with Gasteiger partial charge in [0.15, 0.2) is 0 Å². The highest BCUT2D eigenvalue weighted by molar-refractivity contribution is 7.99.